The van der Waals surface area contributed by atoms with Crippen molar-refractivity contribution < 1.29 is 14.3 Å². The molecule has 27 heavy (non-hydrogen) atoms. The van der Waals surface area contributed by atoms with Crippen LogP contribution in [-0.4, -0.2) is 43.5 Å². The second-order valence-corrected chi connectivity index (χ2v) is 8.76. The van der Waals surface area contributed by atoms with E-state index in [0.717, 1.165) is 62.9 Å². The molecule has 1 aromatic carbocycles. The lowest BCUT2D eigenvalue weighted by atomic mass is 9.66. The largest absolute Gasteiger partial charge is 0.490 e. The van der Waals surface area contributed by atoms with E-state index in [2.05, 4.69) is 37.1 Å². The normalized spacial score (nSPS) is 28.2. The molecule has 1 aliphatic heterocycles. The van der Waals surface area contributed by atoms with E-state index in [0.29, 0.717) is 24.7 Å². The molecule has 0 unspecified atom stereocenters. The number of carbonyl (C=O) groups is 1. The molecule has 0 N–H and O–H groups in total. The van der Waals surface area contributed by atoms with Crippen molar-refractivity contribution in [3.05, 3.63) is 23.8 Å². The molecule has 0 spiro atoms. The Morgan fingerprint density at radius 1 is 1.19 bits per heavy atom. The number of likely N-dealkylation sites (N-methyl/N-ethyl adjacent to an activating group) is 1. The Hall–Kier alpha value is -1.55. The Bertz CT molecular complexity index is 684. The Kier molecular flexibility index (Phi) is 5.45. The summed E-state index contributed by atoms with van der Waals surface area (Å²) in [5.41, 5.74) is 1.41. The molecule has 4 rings (SSSR count). The number of Topliss-reactive ketones (excluding diaryl/α,β-unsaturated/α-hetero) is 1. The lowest BCUT2D eigenvalue weighted by Crippen LogP contribution is -2.46. The van der Waals surface area contributed by atoms with Gasteiger partial charge >= 0.3 is 0 Å². The Labute approximate surface area is 163 Å². The highest BCUT2D eigenvalue weighted by Gasteiger charge is 2.50. The zero-order valence-electron chi connectivity index (χ0n) is 16.8. The van der Waals surface area contributed by atoms with Gasteiger partial charge in [0.25, 0.3) is 0 Å². The van der Waals surface area contributed by atoms with Crippen molar-refractivity contribution in [1.82, 2.24) is 4.90 Å². The van der Waals surface area contributed by atoms with Crippen LogP contribution in [0.25, 0.3) is 0 Å². The third-order valence-electron chi connectivity index (χ3n) is 6.80. The van der Waals surface area contributed by atoms with Crippen molar-refractivity contribution in [2.24, 2.45) is 5.92 Å². The smallest absolute Gasteiger partial charge is 0.161 e. The molecule has 148 valence electrons. The number of hydrogen-bond acceptors (Lipinski definition) is 4. The highest BCUT2D eigenvalue weighted by atomic mass is 16.5. The van der Waals surface area contributed by atoms with Gasteiger partial charge in [-0.2, -0.15) is 0 Å². The van der Waals surface area contributed by atoms with Gasteiger partial charge in [0.2, 0.25) is 0 Å². The molecule has 4 heteroatoms. The molecular weight excluding hydrogens is 338 g/mol. The number of likely N-dealkylation sites (tertiary alicyclic amines) is 1. The third-order valence-corrected chi connectivity index (χ3v) is 6.80. The maximum atomic E-state index is 12.1. The molecule has 1 heterocycles. The van der Waals surface area contributed by atoms with Crippen LogP contribution in [0, 0.1) is 5.92 Å². The van der Waals surface area contributed by atoms with Crippen molar-refractivity contribution in [1.29, 1.82) is 0 Å². The van der Waals surface area contributed by atoms with Crippen molar-refractivity contribution in [2.45, 2.75) is 69.7 Å². The molecule has 1 saturated heterocycles. The van der Waals surface area contributed by atoms with E-state index in [9.17, 15) is 4.79 Å². The van der Waals surface area contributed by atoms with Gasteiger partial charge in [0.1, 0.15) is 5.78 Å². The van der Waals surface area contributed by atoms with Crippen molar-refractivity contribution in [3.8, 4) is 11.5 Å². The fraction of sp³-hybridized carbons (Fsp3) is 0.696. The molecule has 0 amide bonds. The molecule has 2 saturated carbocycles. The topological polar surface area (TPSA) is 38.8 Å². The summed E-state index contributed by atoms with van der Waals surface area (Å²) in [6.45, 7) is 4.77. The van der Waals surface area contributed by atoms with Gasteiger partial charge in [-0.3, -0.25) is 4.79 Å². The second-order valence-electron chi connectivity index (χ2n) is 8.76. The third kappa shape index (κ3) is 3.87. The van der Waals surface area contributed by atoms with Crippen molar-refractivity contribution in [3.63, 3.8) is 0 Å². The number of rotatable bonds is 8. The van der Waals surface area contributed by atoms with Gasteiger partial charge in [0.15, 0.2) is 11.5 Å². The van der Waals surface area contributed by atoms with E-state index < -0.39 is 0 Å². The number of nitrogens with zero attached hydrogens (tertiary/aromatic N) is 1. The maximum absolute atomic E-state index is 12.1. The number of benzene rings is 1. The van der Waals surface area contributed by atoms with Crippen LogP contribution in [0.3, 0.4) is 0 Å². The number of ether oxygens (including phenoxy) is 2. The van der Waals surface area contributed by atoms with Crippen LogP contribution in [0.2, 0.25) is 0 Å². The molecular formula is C23H33NO3. The van der Waals surface area contributed by atoms with E-state index in [1.54, 1.807) is 0 Å². The molecule has 3 aliphatic rings. The van der Waals surface area contributed by atoms with Crippen LogP contribution >= 0.6 is 0 Å². The van der Waals surface area contributed by atoms with Gasteiger partial charge in [0.05, 0.1) is 13.2 Å². The van der Waals surface area contributed by atoms with Gasteiger partial charge < -0.3 is 14.4 Å². The number of hydrogen-bond donors (Lipinski definition) is 0. The average Bonchev–Trinajstić information content (AvgIpc) is 3.45. The van der Waals surface area contributed by atoms with Crippen LogP contribution in [-0.2, 0) is 10.2 Å². The quantitative estimate of drug-likeness (QED) is 0.637. The molecule has 4 nitrogen and oxygen atoms in total. The van der Waals surface area contributed by atoms with E-state index in [-0.39, 0.29) is 5.41 Å². The summed E-state index contributed by atoms with van der Waals surface area (Å²) in [5.74, 6) is 2.91. The molecule has 0 aromatic heterocycles. The second kappa shape index (κ2) is 7.83. The van der Waals surface area contributed by atoms with Crippen LogP contribution < -0.4 is 9.47 Å². The molecule has 1 aromatic rings. The van der Waals surface area contributed by atoms with Crippen LogP contribution in [0.5, 0.6) is 11.5 Å². The number of carbonyl (C=O) groups excluding carboxylic acids is 1. The number of fused-ring (bicyclic) bond motifs is 1. The van der Waals surface area contributed by atoms with Gasteiger partial charge in [-0.05, 0) is 69.3 Å². The molecule has 3 fully saturated rings. The lowest BCUT2D eigenvalue weighted by Gasteiger charge is -2.41. The number of unbranched alkanes of at least 4 members (excludes halogenated alkanes) is 1. The van der Waals surface area contributed by atoms with E-state index in [1.165, 1.54) is 18.4 Å². The fourth-order valence-corrected chi connectivity index (χ4v) is 4.79. The highest BCUT2D eigenvalue weighted by molar-refractivity contribution is 5.81. The van der Waals surface area contributed by atoms with Gasteiger partial charge in [-0.25, -0.2) is 0 Å². The van der Waals surface area contributed by atoms with E-state index >= 15 is 0 Å². The van der Waals surface area contributed by atoms with Gasteiger partial charge in [-0.1, -0.05) is 19.4 Å². The van der Waals surface area contributed by atoms with Crippen LogP contribution in [0.15, 0.2) is 18.2 Å². The van der Waals surface area contributed by atoms with Crippen molar-refractivity contribution in [2.75, 3.05) is 26.8 Å². The first-order valence-electron chi connectivity index (χ1n) is 10.7. The molecule has 0 radical (unpaired) electrons. The first-order chi connectivity index (χ1) is 13.1. The molecule has 0 bridgehead atoms. The van der Waals surface area contributed by atoms with E-state index in [4.69, 9.17) is 9.47 Å². The summed E-state index contributed by atoms with van der Waals surface area (Å²) in [6.07, 6.45) is 8.22. The summed E-state index contributed by atoms with van der Waals surface area (Å²) < 4.78 is 12.2. The fourth-order valence-electron chi connectivity index (χ4n) is 4.79. The summed E-state index contributed by atoms with van der Waals surface area (Å²) in [4.78, 5) is 14.5. The summed E-state index contributed by atoms with van der Waals surface area (Å²) in [7, 11) is 2.16. The summed E-state index contributed by atoms with van der Waals surface area (Å²) in [6, 6.07) is 6.89. The lowest BCUT2D eigenvalue weighted by molar-refractivity contribution is -0.122. The molecule has 2 atom stereocenters. The summed E-state index contributed by atoms with van der Waals surface area (Å²) in [5, 5.41) is 0. The number of ketones is 1. The average molecular weight is 372 g/mol. The minimum Gasteiger partial charge on any atom is -0.490 e. The zero-order chi connectivity index (χ0) is 18.9. The van der Waals surface area contributed by atoms with Gasteiger partial charge in [0, 0.05) is 24.3 Å². The van der Waals surface area contributed by atoms with Crippen LogP contribution in [0.1, 0.15) is 63.9 Å². The predicted molar refractivity (Wildman–Crippen MR) is 107 cm³/mol. The zero-order valence-corrected chi connectivity index (χ0v) is 16.8. The van der Waals surface area contributed by atoms with Gasteiger partial charge in [-0.15, -0.1) is 0 Å². The minimum atomic E-state index is 0.0839. The van der Waals surface area contributed by atoms with Crippen molar-refractivity contribution >= 4 is 5.78 Å². The Balaban J connectivity index is 1.61. The first kappa shape index (κ1) is 18.8. The van der Waals surface area contributed by atoms with Crippen LogP contribution in [0.4, 0.5) is 0 Å². The maximum Gasteiger partial charge on any atom is 0.161 e. The predicted octanol–water partition coefficient (Wildman–Crippen LogP) is 4.35. The standard InChI is InChI=1S/C23H33NO3/c1-3-4-13-26-21-14-18(7-8-20(21)27-16-17-5-6-17)23-10-9-19(25)15-22(23)24(2)12-11-23/h7-8,14,17,22H,3-6,9-13,15-16H2,1-2H3/t22-,23-/m0/s1. The first-order valence-corrected chi connectivity index (χ1v) is 10.7. The summed E-state index contributed by atoms with van der Waals surface area (Å²) >= 11 is 0. The molecule has 2 aliphatic carbocycles. The Morgan fingerprint density at radius 2 is 2.04 bits per heavy atom. The highest BCUT2D eigenvalue weighted by Crippen LogP contribution is 2.49. The minimum absolute atomic E-state index is 0.0839. The van der Waals surface area contributed by atoms with E-state index in [1.807, 2.05) is 0 Å². The SMILES string of the molecule is CCCCOc1cc([C@@]23CCC(=O)C[C@@H]2N(C)CC3)ccc1OCC1CC1. The Morgan fingerprint density at radius 3 is 2.81 bits per heavy atom. The monoisotopic (exact) mass is 371 g/mol.